The van der Waals surface area contributed by atoms with Gasteiger partial charge in [0, 0.05) is 0 Å². The number of rotatable bonds is 3. The minimum atomic E-state index is -2.54. The summed E-state index contributed by atoms with van der Waals surface area (Å²) < 4.78 is 11.0. The molecule has 10 heavy (non-hydrogen) atoms. The molecule has 0 aromatic heterocycles. The van der Waals surface area contributed by atoms with Crippen LogP contribution in [-0.4, -0.2) is 44.0 Å². The Labute approximate surface area is 76.3 Å². The summed E-state index contributed by atoms with van der Waals surface area (Å²) >= 11 is -5.07. The zero-order valence-electron chi connectivity index (χ0n) is 7.19. The zero-order chi connectivity index (χ0) is 8.41. The third-order valence-corrected chi connectivity index (χ3v) is 28.8. The van der Waals surface area contributed by atoms with Crippen molar-refractivity contribution < 1.29 is 4.49 Å². The second kappa shape index (κ2) is 4.16. The standard InChI is InChI=1S/CH3O.4CH3.ClH.O.2Sn/c1-2;;;;;;;;/h1H3;4*1H3;1H;;;/q-1;;;;;;;2*+1/p-1. The first-order chi connectivity index (χ1) is 4.27. The van der Waals surface area contributed by atoms with Crippen molar-refractivity contribution >= 4 is 45.8 Å². The van der Waals surface area contributed by atoms with E-state index in [1.165, 1.54) is 0 Å². The fourth-order valence-corrected chi connectivity index (χ4v) is 36.5. The van der Waals surface area contributed by atoms with Crippen LogP contribution in [0.15, 0.2) is 0 Å². The molecule has 0 bridgehead atoms. The van der Waals surface area contributed by atoms with Crippen molar-refractivity contribution in [1.82, 2.24) is 0 Å². The molecule has 0 aliphatic heterocycles. The Balaban J connectivity index is 3.89. The van der Waals surface area contributed by atoms with E-state index in [0.717, 1.165) is 0 Å². The van der Waals surface area contributed by atoms with Gasteiger partial charge >= 0.3 is 77.1 Å². The van der Waals surface area contributed by atoms with Gasteiger partial charge in [0.1, 0.15) is 0 Å². The Kier molecular flexibility index (Phi) is 4.91. The van der Waals surface area contributed by atoms with E-state index >= 15 is 0 Å². The van der Waals surface area contributed by atoms with Crippen molar-refractivity contribution in [2.24, 2.45) is 0 Å². The Morgan fingerprint density at radius 3 is 1.60 bits per heavy atom. The van der Waals surface area contributed by atoms with Crippen LogP contribution in [0.2, 0.25) is 19.8 Å². The molecule has 0 atom stereocenters. The first kappa shape index (κ1) is 11.8. The molecule has 0 fully saturated rings. The molecule has 0 aromatic carbocycles. The van der Waals surface area contributed by atoms with Gasteiger partial charge in [-0.1, -0.05) is 0 Å². The normalized spacial score (nSPS) is 13.8. The molecule has 0 amide bonds. The molecule has 0 rings (SSSR count). The van der Waals surface area contributed by atoms with Gasteiger partial charge in [0.25, 0.3) is 0 Å². The third kappa shape index (κ3) is 6.51. The van der Waals surface area contributed by atoms with E-state index in [9.17, 15) is 0 Å². The Morgan fingerprint density at radius 1 is 1.10 bits per heavy atom. The van der Waals surface area contributed by atoms with E-state index in [2.05, 4.69) is 9.88 Å². The number of hydrogen-bond acceptors (Lipinski definition) is 2. The van der Waals surface area contributed by atoms with Gasteiger partial charge in [0.2, 0.25) is 0 Å². The fourth-order valence-electron chi connectivity index (χ4n) is 0.626. The van der Waals surface area contributed by atoms with Gasteiger partial charge in [0.05, 0.1) is 0 Å². The number of halogens is 1. The predicted molar refractivity (Wildman–Crippen MR) is 48.9 cm³/mol. The second-order valence-corrected chi connectivity index (χ2v) is 30.6. The maximum atomic E-state index is 6.06. The quantitative estimate of drug-likeness (QED) is 0.700. The Hall–Kier alpha value is 1.81. The molecule has 0 aliphatic rings. The van der Waals surface area contributed by atoms with Crippen molar-refractivity contribution in [3.8, 4) is 0 Å². The summed E-state index contributed by atoms with van der Waals surface area (Å²) in [6.07, 6.45) is 0. The van der Waals surface area contributed by atoms with Crippen molar-refractivity contribution in [1.29, 1.82) is 0 Å². The predicted octanol–water partition coefficient (Wildman–Crippen LogP) is 2.29. The summed E-state index contributed by atoms with van der Waals surface area (Å²) in [5.74, 6) is 0. The van der Waals surface area contributed by atoms with Gasteiger partial charge in [0.15, 0.2) is 0 Å². The molecule has 0 radical (unpaired) electrons. The zero-order valence-corrected chi connectivity index (χ0v) is 13.7. The Morgan fingerprint density at radius 2 is 1.50 bits per heavy atom. The van der Waals surface area contributed by atoms with Crippen molar-refractivity contribution in [2.45, 2.75) is 19.8 Å². The van der Waals surface area contributed by atoms with Crippen LogP contribution in [0.5, 0.6) is 0 Å². The van der Waals surface area contributed by atoms with Crippen LogP contribution in [0.4, 0.5) is 0 Å². The molecule has 0 saturated carbocycles. The molecule has 2 nitrogen and oxygen atoms in total. The molecule has 0 aliphatic carbocycles. The van der Waals surface area contributed by atoms with E-state index in [1.807, 2.05) is 9.88 Å². The summed E-state index contributed by atoms with van der Waals surface area (Å²) in [6, 6.07) is 0. The van der Waals surface area contributed by atoms with E-state index < -0.39 is 36.9 Å². The second-order valence-electron chi connectivity index (χ2n) is 3.07. The Bertz CT molecular complexity index is 111. The van der Waals surface area contributed by atoms with E-state index in [1.54, 1.807) is 7.11 Å². The molecular formula is C5H15ClO2Sn2. The average molecular weight is 380 g/mol. The van der Waals surface area contributed by atoms with Gasteiger partial charge in [-0.05, 0) is 0 Å². The third-order valence-electron chi connectivity index (χ3n) is 0.980. The summed E-state index contributed by atoms with van der Waals surface area (Å²) in [5.41, 5.74) is 0. The average Bonchev–Trinajstić information content (AvgIpc) is 1.60. The first-order valence-corrected chi connectivity index (χ1v) is 21.7. The molecule has 0 spiro atoms. The van der Waals surface area contributed by atoms with Gasteiger partial charge in [-0.3, -0.25) is 0 Å². The van der Waals surface area contributed by atoms with Crippen LogP contribution in [0, 0.1) is 0 Å². The summed E-state index contributed by atoms with van der Waals surface area (Å²) in [4.78, 5) is 8.23. The fraction of sp³-hybridized carbons (Fsp3) is 1.00. The summed E-state index contributed by atoms with van der Waals surface area (Å²) in [5, 5.41) is 0. The van der Waals surface area contributed by atoms with Crippen LogP contribution < -0.4 is 0 Å². The van der Waals surface area contributed by atoms with Crippen LogP contribution in [-0.2, 0) is 4.49 Å². The molecule has 0 saturated heterocycles. The van der Waals surface area contributed by atoms with Gasteiger partial charge in [-0.2, -0.15) is 0 Å². The van der Waals surface area contributed by atoms with Crippen molar-refractivity contribution in [3.05, 3.63) is 0 Å². The van der Waals surface area contributed by atoms with Crippen LogP contribution >= 0.6 is 8.92 Å². The minimum absolute atomic E-state index is 1.71. The molecule has 5 heteroatoms. The topological polar surface area (TPSA) is 18.5 Å². The SMILES string of the molecule is C[O][Sn]([CH3])([CH3])[O][Sn]([CH3])([CH3])[Cl]. The molecular weight excluding hydrogens is 365 g/mol. The van der Waals surface area contributed by atoms with E-state index in [4.69, 9.17) is 13.4 Å². The van der Waals surface area contributed by atoms with Crippen molar-refractivity contribution in [2.75, 3.05) is 7.11 Å². The van der Waals surface area contributed by atoms with Gasteiger partial charge in [-0.15, -0.1) is 0 Å². The molecule has 0 aromatic rings. The maximum absolute atomic E-state index is 6.06. The molecule has 0 unspecified atom stereocenters. The van der Waals surface area contributed by atoms with Crippen molar-refractivity contribution in [3.63, 3.8) is 0 Å². The van der Waals surface area contributed by atoms with Crippen LogP contribution in [0.3, 0.4) is 0 Å². The summed E-state index contributed by atoms with van der Waals surface area (Å²) in [6.45, 7) is 0. The monoisotopic (exact) mass is 382 g/mol. The summed E-state index contributed by atoms with van der Waals surface area (Å²) in [7, 11) is 7.77. The van der Waals surface area contributed by atoms with Gasteiger partial charge < -0.3 is 0 Å². The molecule has 0 heterocycles. The first-order valence-electron chi connectivity index (χ1n) is 3.21. The van der Waals surface area contributed by atoms with Gasteiger partial charge in [-0.25, -0.2) is 0 Å². The van der Waals surface area contributed by atoms with E-state index in [0.29, 0.717) is 0 Å². The van der Waals surface area contributed by atoms with E-state index in [-0.39, 0.29) is 0 Å². The molecule has 62 valence electrons. The number of hydrogen-bond donors (Lipinski definition) is 0. The van der Waals surface area contributed by atoms with Crippen LogP contribution in [0.1, 0.15) is 0 Å². The van der Waals surface area contributed by atoms with Crippen LogP contribution in [0.25, 0.3) is 0 Å². The molecule has 0 N–H and O–H groups in total.